The normalized spacial score (nSPS) is 22.0. The third-order valence-electron chi connectivity index (χ3n) is 5.18. The van der Waals surface area contributed by atoms with Gasteiger partial charge in [0.2, 0.25) is 5.82 Å². The molecule has 0 bridgehead atoms. The SMILES string of the molecule is CC[C@H](c1nnnn1CCOC)[NH+]1CC[NH+](Cc2ccccc2)CC1. The minimum absolute atomic E-state index is 0.366. The Bertz CT molecular complexity index is 624. The van der Waals surface area contributed by atoms with Gasteiger partial charge in [-0.25, -0.2) is 4.68 Å². The fraction of sp³-hybridized carbons (Fsp3) is 0.611. The standard InChI is InChI=1S/C18H28N6O/c1-3-17(18-19-20-21-24(18)13-14-25-2)23-11-9-22(10-12-23)15-16-7-5-4-6-8-16/h4-8,17H,3,9-15H2,1-2H3/p+2/t17-/m1/s1. The van der Waals surface area contributed by atoms with Crippen molar-refractivity contribution in [2.45, 2.75) is 32.5 Å². The molecule has 1 aliphatic rings. The van der Waals surface area contributed by atoms with Gasteiger partial charge in [-0.3, -0.25) is 0 Å². The number of quaternary nitrogens is 2. The van der Waals surface area contributed by atoms with Crippen molar-refractivity contribution in [1.29, 1.82) is 0 Å². The molecule has 1 fully saturated rings. The van der Waals surface area contributed by atoms with E-state index in [4.69, 9.17) is 4.74 Å². The van der Waals surface area contributed by atoms with E-state index >= 15 is 0 Å². The lowest BCUT2D eigenvalue weighted by Crippen LogP contribution is -3.27. The Morgan fingerprint density at radius 1 is 1.16 bits per heavy atom. The first-order valence-electron chi connectivity index (χ1n) is 9.29. The average Bonchev–Trinajstić information content (AvgIpc) is 3.11. The second-order valence-electron chi connectivity index (χ2n) is 6.78. The number of hydrogen-bond donors (Lipinski definition) is 2. The van der Waals surface area contributed by atoms with Gasteiger partial charge in [0.05, 0.1) is 13.2 Å². The molecule has 1 aliphatic heterocycles. The molecular formula is C18H30N6O+2. The first-order chi connectivity index (χ1) is 12.3. The predicted octanol–water partition coefficient (Wildman–Crippen LogP) is -1.25. The predicted molar refractivity (Wildman–Crippen MR) is 94.3 cm³/mol. The Labute approximate surface area is 149 Å². The molecule has 1 aromatic carbocycles. The van der Waals surface area contributed by atoms with Gasteiger partial charge in [-0.1, -0.05) is 37.3 Å². The number of methoxy groups -OCH3 is 1. The molecule has 0 unspecified atom stereocenters. The Morgan fingerprint density at radius 2 is 1.92 bits per heavy atom. The van der Waals surface area contributed by atoms with Crippen molar-refractivity contribution in [3.63, 3.8) is 0 Å². The topological polar surface area (TPSA) is 61.7 Å². The van der Waals surface area contributed by atoms with Crippen molar-refractivity contribution >= 4 is 0 Å². The van der Waals surface area contributed by atoms with E-state index in [0.29, 0.717) is 19.2 Å². The molecular weight excluding hydrogens is 316 g/mol. The highest BCUT2D eigenvalue weighted by Gasteiger charge is 2.32. The fourth-order valence-corrected chi connectivity index (χ4v) is 3.79. The summed E-state index contributed by atoms with van der Waals surface area (Å²) in [7, 11) is 1.71. The lowest BCUT2D eigenvalue weighted by molar-refractivity contribution is -1.03. The minimum Gasteiger partial charge on any atom is -0.383 e. The number of piperazine rings is 1. The van der Waals surface area contributed by atoms with Crippen LogP contribution in [0.4, 0.5) is 0 Å². The summed E-state index contributed by atoms with van der Waals surface area (Å²) in [5.74, 6) is 1.00. The van der Waals surface area contributed by atoms with Gasteiger partial charge in [0, 0.05) is 19.1 Å². The Hall–Kier alpha value is -1.83. The molecule has 3 rings (SSSR count). The zero-order chi connectivity index (χ0) is 17.5. The number of hydrogen-bond acceptors (Lipinski definition) is 4. The molecule has 0 radical (unpaired) electrons. The van der Waals surface area contributed by atoms with Gasteiger partial charge in [-0.05, 0) is 10.4 Å². The van der Waals surface area contributed by atoms with Crippen LogP contribution in [0.2, 0.25) is 0 Å². The third-order valence-corrected chi connectivity index (χ3v) is 5.18. The first kappa shape index (κ1) is 18.0. The van der Waals surface area contributed by atoms with Gasteiger partial charge in [0.1, 0.15) is 38.8 Å². The van der Waals surface area contributed by atoms with Crippen LogP contribution in [-0.4, -0.2) is 60.1 Å². The van der Waals surface area contributed by atoms with Gasteiger partial charge in [-0.2, -0.15) is 0 Å². The highest BCUT2D eigenvalue weighted by molar-refractivity contribution is 5.13. The second kappa shape index (κ2) is 9.03. The minimum atomic E-state index is 0.366. The van der Waals surface area contributed by atoms with Crippen LogP contribution in [0, 0.1) is 0 Å². The van der Waals surface area contributed by atoms with E-state index < -0.39 is 0 Å². The number of ether oxygens (including phenoxy) is 1. The average molecular weight is 346 g/mol. The largest absolute Gasteiger partial charge is 0.383 e. The summed E-state index contributed by atoms with van der Waals surface area (Å²) in [5.41, 5.74) is 1.43. The van der Waals surface area contributed by atoms with E-state index in [2.05, 4.69) is 52.8 Å². The Morgan fingerprint density at radius 3 is 2.60 bits per heavy atom. The summed E-state index contributed by atoms with van der Waals surface area (Å²) < 4.78 is 7.08. The number of nitrogens with one attached hydrogen (secondary N) is 2. The van der Waals surface area contributed by atoms with E-state index in [1.54, 1.807) is 16.9 Å². The second-order valence-corrected chi connectivity index (χ2v) is 6.78. The quantitative estimate of drug-likeness (QED) is 0.627. The molecule has 1 aromatic heterocycles. The maximum absolute atomic E-state index is 5.17. The zero-order valence-corrected chi connectivity index (χ0v) is 15.3. The smallest absolute Gasteiger partial charge is 0.209 e. The van der Waals surface area contributed by atoms with E-state index in [1.165, 1.54) is 18.7 Å². The van der Waals surface area contributed by atoms with E-state index in [1.807, 2.05) is 4.68 Å². The Kier molecular flexibility index (Phi) is 6.49. The van der Waals surface area contributed by atoms with Gasteiger partial charge >= 0.3 is 0 Å². The molecule has 0 amide bonds. The van der Waals surface area contributed by atoms with Gasteiger partial charge < -0.3 is 14.5 Å². The highest BCUT2D eigenvalue weighted by Crippen LogP contribution is 2.09. The van der Waals surface area contributed by atoms with Crippen molar-refractivity contribution in [3.05, 3.63) is 41.7 Å². The summed E-state index contributed by atoms with van der Waals surface area (Å²) in [6.45, 7) is 9.43. The van der Waals surface area contributed by atoms with E-state index in [0.717, 1.165) is 31.9 Å². The number of tetrazole rings is 1. The molecule has 1 atom stereocenters. The van der Waals surface area contributed by atoms with Crippen LogP contribution in [0.25, 0.3) is 0 Å². The molecule has 25 heavy (non-hydrogen) atoms. The monoisotopic (exact) mass is 346 g/mol. The summed E-state index contributed by atoms with van der Waals surface area (Å²) in [4.78, 5) is 3.27. The number of rotatable bonds is 8. The number of aromatic nitrogens is 4. The van der Waals surface area contributed by atoms with Crippen molar-refractivity contribution in [3.8, 4) is 0 Å². The molecule has 1 saturated heterocycles. The molecule has 2 heterocycles. The van der Waals surface area contributed by atoms with Crippen LogP contribution in [0.1, 0.15) is 30.8 Å². The summed E-state index contributed by atoms with van der Waals surface area (Å²) >= 11 is 0. The van der Waals surface area contributed by atoms with Gasteiger partial charge in [-0.15, -0.1) is 5.10 Å². The van der Waals surface area contributed by atoms with Crippen LogP contribution < -0.4 is 9.80 Å². The van der Waals surface area contributed by atoms with Gasteiger partial charge in [0.15, 0.2) is 0 Å². The number of benzene rings is 1. The van der Waals surface area contributed by atoms with Crippen molar-refractivity contribution in [1.82, 2.24) is 20.2 Å². The Balaban J connectivity index is 1.58. The van der Waals surface area contributed by atoms with E-state index in [9.17, 15) is 0 Å². The molecule has 0 saturated carbocycles. The molecule has 7 nitrogen and oxygen atoms in total. The van der Waals surface area contributed by atoms with Crippen LogP contribution in [0.15, 0.2) is 30.3 Å². The molecule has 136 valence electrons. The van der Waals surface area contributed by atoms with E-state index in [-0.39, 0.29) is 0 Å². The maximum Gasteiger partial charge on any atom is 0.209 e. The first-order valence-corrected chi connectivity index (χ1v) is 9.29. The van der Waals surface area contributed by atoms with Gasteiger partial charge in [0.25, 0.3) is 0 Å². The fourth-order valence-electron chi connectivity index (χ4n) is 3.79. The summed E-state index contributed by atoms with van der Waals surface area (Å²) in [6, 6.07) is 11.2. The van der Waals surface area contributed by atoms with Crippen LogP contribution >= 0.6 is 0 Å². The molecule has 2 N–H and O–H groups in total. The molecule has 0 aliphatic carbocycles. The molecule has 0 spiro atoms. The molecule has 2 aromatic rings. The summed E-state index contributed by atoms with van der Waals surface area (Å²) in [5, 5.41) is 12.4. The molecule has 7 heteroatoms. The lowest BCUT2D eigenvalue weighted by atomic mass is 10.1. The van der Waals surface area contributed by atoms with Crippen molar-refractivity contribution in [2.75, 3.05) is 39.9 Å². The van der Waals surface area contributed by atoms with Crippen LogP contribution in [-0.2, 0) is 17.8 Å². The van der Waals surface area contributed by atoms with Crippen LogP contribution in [0.5, 0.6) is 0 Å². The zero-order valence-electron chi connectivity index (χ0n) is 15.3. The van der Waals surface area contributed by atoms with Crippen LogP contribution in [0.3, 0.4) is 0 Å². The summed E-state index contributed by atoms with van der Waals surface area (Å²) in [6.07, 6.45) is 1.05. The van der Waals surface area contributed by atoms with Crippen molar-refractivity contribution in [2.24, 2.45) is 0 Å². The lowest BCUT2D eigenvalue weighted by Gasteiger charge is -2.33. The number of nitrogens with zero attached hydrogens (tertiary/aromatic N) is 4. The highest BCUT2D eigenvalue weighted by atomic mass is 16.5. The maximum atomic E-state index is 5.17. The van der Waals surface area contributed by atoms with Crippen molar-refractivity contribution < 1.29 is 14.5 Å². The third kappa shape index (κ3) is 4.62.